The topological polar surface area (TPSA) is 87.6 Å². The number of amides is 1. The van der Waals surface area contributed by atoms with E-state index in [9.17, 15) is 4.79 Å². The second kappa shape index (κ2) is 9.07. The highest BCUT2D eigenvalue weighted by atomic mass is 35.5. The number of anilines is 2. The van der Waals surface area contributed by atoms with E-state index in [0.717, 1.165) is 55.2 Å². The van der Waals surface area contributed by atoms with E-state index in [-0.39, 0.29) is 11.9 Å². The molecule has 3 aromatic rings. The third-order valence-electron chi connectivity index (χ3n) is 6.18. The molecule has 172 valence electrons. The van der Waals surface area contributed by atoms with Crippen LogP contribution in [0.1, 0.15) is 34.8 Å². The Balaban J connectivity index is 1.64. The predicted octanol–water partition coefficient (Wildman–Crippen LogP) is 2.95. The lowest BCUT2D eigenvalue weighted by molar-refractivity contribution is 0.0827. The molecule has 0 saturated carbocycles. The summed E-state index contributed by atoms with van der Waals surface area (Å²) in [5.74, 6) is 1.53. The van der Waals surface area contributed by atoms with Crippen molar-refractivity contribution in [2.45, 2.75) is 18.9 Å². The molecule has 2 aliphatic rings. The zero-order valence-electron chi connectivity index (χ0n) is 18.7. The summed E-state index contributed by atoms with van der Waals surface area (Å²) in [5, 5.41) is 0.404. The third-order valence-corrected chi connectivity index (χ3v) is 6.38. The van der Waals surface area contributed by atoms with Crippen LogP contribution in [0, 0.1) is 0 Å². The normalized spacial score (nSPS) is 18.7. The zero-order valence-corrected chi connectivity index (χ0v) is 19.5. The molecule has 10 heteroatoms. The van der Waals surface area contributed by atoms with Gasteiger partial charge in [-0.05, 0) is 25.0 Å². The molecule has 2 aliphatic heterocycles. The smallest absolute Gasteiger partial charge is 0.253 e. The molecular weight excluding hydrogens is 442 g/mol. The maximum atomic E-state index is 12.9. The van der Waals surface area contributed by atoms with Gasteiger partial charge in [-0.3, -0.25) is 9.78 Å². The fraction of sp³-hybridized carbons (Fsp3) is 0.435. The summed E-state index contributed by atoms with van der Waals surface area (Å²) < 4.78 is 5.49. The summed E-state index contributed by atoms with van der Waals surface area (Å²) in [5.41, 5.74) is 3.10. The number of hydrogen-bond donors (Lipinski definition) is 0. The first-order chi connectivity index (χ1) is 16.0. The number of halogens is 1. The minimum Gasteiger partial charge on any atom is -0.378 e. The second-order valence-corrected chi connectivity index (χ2v) is 8.90. The van der Waals surface area contributed by atoms with Gasteiger partial charge in [-0.1, -0.05) is 11.6 Å². The van der Waals surface area contributed by atoms with Gasteiger partial charge in [-0.2, -0.15) is 0 Å². The lowest BCUT2D eigenvalue weighted by Crippen LogP contribution is -2.36. The molecule has 1 aromatic carbocycles. The van der Waals surface area contributed by atoms with Gasteiger partial charge in [0.2, 0.25) is 0 Å². The van der Waals surface area contributed by atoms with Crippen LogP contribution >= 0.6 is 11.6 Å². The van der Waals surface area contributed by atoms with E-state index in [1.165, 1.54) is 6.33 Å². The summed E-state index contributed by atoms with van der Waals surface area (Å²) in [4.78, 5) is 37.1. The molecule has 5 rings (SSSR count). The van der Waals surface area contributed by atoms with Gasteiger partial charge >= 0.3 is 0 Å². The molecule has 2 fully saturated rings. The maximum absolute atomic E-state index is 12.9. The average molecular weight is 468 g/mol. The Bertz CT molecular complexity index is 1180. The van der Waals surface area contributed by atoms with Crippen LogP contribution in [-0.4, -0.2) is 77.7 Å². The minimum absolute atomic E-state index is 0.00242. The van der Waals surface area contributed by atoms with E-state index in [4.69, 9.17) is 26.3 Å². The number of nitrogens with zero attached hydrogens (tertiary/aromatic N) is 7. The van der Waals surface area contributed by atoms with Gasteiger partial charge < -0.3 is 19.4 Å². The first-order valence-corrected chi connectivity index (χ1v) is 11.5. The number of morpholine rings is 1. The molecule has 0 aliphatic carbocycles. The van der Waals surface area contributed by atoms with E-state index >= 15 is 0 Å². The van der Waals surface area contributed by atoms with Crippen LogP contribution < -0.4 is 9.80 Å². The summed E-state index contributed by atoms with van der Waals surface area (Å²) >= 11 is 6.15. The van der Waals surface area contributed by atoms with Gasteiger partial charge in [-0.25, -0.2) is 15.0 Å². The number of aromatic nitrogens is 4. The van der Waals surface area contributed by atoms with Crippen molar-refractivity contribution in [3.63, 3.8) is 0 Å². The van der Waals surface area contributed by atoms with Crippen LogP contribution in [0.3, 0.4) is 0 Å². The highest BCUT2D eigenvalue weighted by molar-refractivity contribution is 6.29. The van der Waals surface area contributed by atoms with Crippen LogP contribution in [0.4, 0.5) is 11.6 Å². The molecule has 2 saturated heterocycles. The van der Waals surface area contributed by atoms with Crippen LogP contribution in [0.15, 0.2) is 30.7 Å². The molecule has 9 nitrogen and oxygen atoms in total. The summed E-state index contributed by atoms with van der Waals surface area (Å²) in [6, 6.07) is 5.58. The highest BCUT2D eigenvalue weighted by Crippen LogP contribution is 2.39. The van der Waals surface area contributed by atoms with Crippen molar-refractivity contribution in [2.75, 3.05) is 56.7 Å². The summed E-state index contributed by atoms with van der Waals surface area (Å²) in [6.07, 6.45) is 5.18. The van der Waals surface area contributed by atoms with Crippen molar-refractivity contribution in [1.82, 2.24) is 24.8 Å². The molecule has 0 bridgehead atoms. The second-order valence-electron chi connectivity index (χ2n) is 8.51. The number of hydrogen-bond acceptors (Lipinski definition) is 8. The minimum atomic E-state index is -0.0631. The lowest BCUT2D eigenvalue weighted by atomic mass is 9.98. The zero-order chi connectivity index (χ0) is 22.9. The van der Waals surface area contributed by atoms with E-state index in [1.807, 2.05) is 12.1 Å². The number of carbonyl (C=O) groups excluding carboxylic acids is 1. The highest BCUT2D eigenvalue weighted by Gasteiger charge is 2.31. The number of carbonyl (C=O) groups is 1. The maximum Gasteiger partial charge on any atom is 0.253 e. The lowest BCUT2D eigenvalue weighted by Gasteiger charge is -2.29. The largest absolute Gasteiger partial charge is 0.378 e. The monoisotopic (exact) mass is 467 g/mol. The van der Waals surface area contributed by atoms with Gasteiger partial charge in [0.15, 0.2) is 0 Å². The Morgan fingerprint density at radius 3 is 2.67 bits per heavy atom. The SMILES string of the molecule is CN(C)C(=O)c1cc(C2CCCN2c2cc(Cl)ncn2)c2nc(N3CCOCC3)cnc2c1. The molecular formula is C23H26ClN7O2. The van der Waals surface area contributed by atoms with Crippen molar-refractivity contribution < 1.29 is 9.53 Å². The molecule has 1 unspecified atom stereocenters. The Kier molecular flexibility index (Phi) is 5.99. The standard InChI is InChI=1S/C23H26ClN7O2/c1-29(2)23(32)15-10-16(18-4-3-5-31(18)20-12-19(24)26-14-27-20)22-17(11-15)25-13-21(28-22)30-6-8-33-9-7-30/h10-14,18H,3-9H2,1-2H3. The van der Waals surface area contributed by atoms with Crippen LogP contribution in [0.5, 0.6) is 0 Å². The van der Waals surface area contributed by atoms with E-state index in [0.29, 0.717) is 29.4 Å². The Morgan fingerprint density at radius 2 is 1.91 bits per heavy atom. The van der Waals surface area contributed by atoms with Crippen molar-refractivity contribution in [3.8, 4) is 0 Å². The average Bonchev–Trinajstić information content (AvgIpc) is 3.33. The quantitative estimate of drug-likeness (QED) is 0.541. The van der Waals surface area contributed by atoms with Gasteiger partial charge in [0.25, 0.3) is 5.91 Å². The van der Waals surface area contributed by atoms with Crippen molar-refractivity contribution in [3.05, 3.63) is 47.0 Å². The molecule has 1 amide bonds. The first kappa shape index (κ1) is 21.8. The van der Waals surface area contributed by atoms with Crippen molar-refractivity contribution >= 4 is 40.2 Å². The molecule has 0 radical (unpaired) electrons. The molecule has 0 N–H and O–H groups in total. The van der Waals surface area contributed by atoms with E-state index in [1.54, 1.807) is 31.3 Å². The number of benzene rings is 1. The van der Waals surface area contributed by atoms with Gasteiger partial charge in [0.1, 0.15) is 23.1 Å². The van der Waals surface area contributed by atoms with Crippen LogP contribution in [0.25, 0.3) is 11.0 Å². The fourth-order valence-corrected chi connectivity index (χ4v) is 4.70. The summed E-state index contributed by atoms with van der Waals surface area (Å²) in [7, 11) is 3.51. The van der Waals surface area contributed by atoms with E-state index < -0.39 is 0 Å². The Morgan fingerprint density at radius 1 is 1.09 bits per heavy atom. The van der Waals surface area contributed by atoms with Crippen molar-refractivity contribution in [1.29, 1.82) is 0 Å². The van der Waals surface area contributed by atoms with Gasteiger partial charge in [-0.15, -0.1) is 0 Å². The third kappa shape index (κ3) is 4.30. The number of fused-ring (bicyclic) bond motifs is 1. The molecule has 1 atom stereocenters. The number of ether oxygens (including phenoxy) is 1. The van der Waals surface area contributed by atoms with Gasteiger partial charge in [0.05, 0.1) is 36.5 Å². The van der Waals surface area contributed by atoms with Crippen molar-refractivity contribution in [2.24, 2.45) is 0 Å². The fourth-order valence-electron chi connectivity index (χ4n) is 4.56. The molecule has 33 heavy (non-hydrogen) atoms. The molecule has 0 spiro atoms. The van der Waals surface area contributed by atoms with E-state index in [2.05, 4.69) is 19.8 Å². The Hall–Kier alpha value is -3.04. The summed E-state index contributed by atoms with van der Waals surface area (Å²) in [6.45, 7) is 3.74. The number of rotatable bonds is 4. The first-order valence-electron chi connectivity index (χ1n) is 11.1. The predicted molar refractivity (Wildman–Crippen MR) is 127 cm³/mol. The molecule has 2 aromatic heterocycles. The van der Waals surface area contributed by atoms with Crippen LogP contribution in [0.2, 0.25) is 5.15 Å². The van der Waals surface area contributed by atoms with Gasteiger partial charge in [0, 0.05) is 50.9 Å². The Labute approximate surface area is 197 Å². The molecule has 4 heterocycles. The van der Waals surface area contributed by atoms with Crippen LogP contribution in [-0.2, 0) is 4.74 Å².